The van der Waals surface area contributed by atoms with Crippen molar-refractivity contribution in [3.63, 3.8) is 0 Å². The Morgan fingerprint density at radius 3 is 1.95 bits per heavy atom. The van der Waals surface area contributed by atoms with Crippen molar-refractivity contribution >= 4 is 28.9 Å². The average molecular weight is 318 g/mol. The van der Waals surface area contributed by atoms with Gasteiger partial charge in [0, 0.05) is 5.69 Å². The summed E-state index contributed by atoms with van der Waals surface area (Å²) in [4.78, 5) is 0. The van der Waals surface area contributed by atoms with E-state index in [9.17, 15) is 0 Å². The molecule has 1 rings (SSSR count). The third-order valence-electron chi connectivity index (χ3n) is 3.26. The van der Waals surface area contributed by atoms with Gasteiger partial charge in [0.05, 0.1) is 16.7 Å². The molecule has 1 aromatic carbocycles. The number of nitrogens with two attached hydrogens (primary N) is 1. The van der Waals surface area contributed by atoms with Gasteiger partial charge >= 0.3 is 0 Å². The summed E-state index contributed by atoms with van der Waals surface area (Å²) in [6.45, 7) is 2.89. The van der Waals surface area contributed by atoms with Crippen LogP contribution in [0.4, 0.5) is 5.69 Å². The van der Waals surface area contributed by atoms with Crippen LogP contribution in [0.2, 0.25) is 10.0 Å². The highest BCUT2D eigenvalue weighted by molar-refractivity contribution is 6.37. The SMILES string of the molecule is CCCCCCCCCCOc1c(Cl)cc(N)cc1Cl. The summed E-state index contributed by atoms with van der Waals surface area (Å²) in [5, 5.41) is 0.962. The van der Waals surface area contributed by atoms with E-state index < -0.39 is 0 Å². The van der Waals surface area contributed by atoms with Crippen LogP contribution < -0.4 is 10.5 Å². The van der Waals surface area contributed by atoms with E-state index in [1.54, 1.807) is 12.1 Å². The van der Waals surface area contributed by atoms with Crippen molar-refractivity contribution in [3.8, 4) is 5.75 Å². The molecule has 4 heteroatoms. The summed E-state index contributed by atoms with van der Waals surface area (Å²) < 4.78 is 5.65. The van der Waals surface area contributed by atoms with Gasteiger partial charge in [-0.3, -0.25) is 0 Å². The molecule has 20 heavy (non-hydrogen) atoms. The third kappa shape index (κ3) is 6.71. The number of hydrogen-bond donors (Lipinski definition) is 1. The molecule has 0 aromatic heterocycles. The van der Waals surface area contributed by atoms with Crippen molar-refractivity contribution in [1.29, 1.82) is 0 Å². The van der Waals surface area contributed by atoms with Gasteiger partial charge in [-0.25, -0.2) is 0 Å². The Morgan fingerprint density at radius 2 is 1.40 bits per heavy atom. The third-order valence-corrected chi connectivity index (χ3v) is 3.83. The van der Waals surface area contributed by atoms with Gasteiger partial charge in [-0.1, -0.05) is 75.1 Å². The summed E-state index contributed by atoms with van der Waals surface area (Å²) in [5.74, 6) is 0.547. The molecular weight excluding hydrogens is 293 g/mol. The monoisotopic (exact) mass is 317 g/mol. The predicted molar refractivity (Wildman–Crippen MR) is 89.0 cm³/mol. The number of benzene rings is 1. The van der Waals surface area contributed by atoms with Crippen LogP contribution in [0.5, 0.6) is 5.75 Å². The number of unbranched alkanes of at least 4 members (excludes halogenated alkanes) is 7. The second-order valence-corrected chi connectivity index (χ2v) is 5.95. The molecule has 0 fully saturated rings. The molecule has 0 amide bonds. The number of nitrogen functional groups attached to an aromatic ring is 1. The Bertz CT molecular complexity index is 373. The molecule has 2 nitrogen and oxygen atoms in total. The van der Waals surface area contributed by atoms with Crippen LogP contribution in [0, 0.1) is 0 Å². The Labute approximate surface area is 132 Å². The fourth-order valence-electron chi connectivity index (χ4n) is 2.13. The van der Waals surface area contributed by atoms with Crippen LogP contribution in [0.3, 0.4) is 0 Å². The molecule has 0 heterocycles. The van der Waals surface area contributed by atoms with E-state index in [-0.39, 0.29) is 0 Å². The summed E-state index contributed by atoms with van der Waals surface area (Å²) in [5.41, 5.74) is 6.20. The molecule has 1 aromatic rings. The first-order valence-electron chi connectivity index (χ1n) is 7.52. The molecule has 0 aliphatic carbocycles. The first kappa shape index (κ1) is 17.5. The topological polar surface area (TPSA) is 35.2 Å². The van der Waals surface area contributed by atoms with Gasteiger partial charge in [-0.05, 0) is 18.6 Å². The Morgan fingerprint density at radius 1 is 0.900 bits per heavy atom. The fourth-order valence-corrected chi connectivity index (χ4v) is 2.74. The molecular formula is C16H25Cl2NO. The zero-order valence-corrected chi connectivity index (χ0v) is 13.8. The Balaban J connectivity index is 2.13. The molecule has 0 spiro atoms. The molecule has 0 bridgehead atoms. The van der Waals surface area contributed by atoms with Gasteiger partial charge in [-0.2, -0.15) is 0 Å². The lowest BCUT2D eigenvalue weighted by Crippen LogP contribution is -1.99. The van der Waals surface area contributed by atoms with Crippen LogP contribution in [0.25, 0.3) is 0 Å². The van der Waals surface area contributed by atoms with E-state index in [4.69, 9.17) is 33.7 Å². The summed E-state index contributed by atoms with van der Waals surface area (Å²) in [7, 11) is 0. The van der Waals surface area contributed by atoms with Crippen molar-refractivity contribution in [2.45, 2.75) is 58.3 Å². The Hall–Kier alpha value is -0.600. The number of hydrogen-bond acceptors (Lipinski definition) is 2. The fraction of sp³-hybridized carbons (Fsp3) is 0.625. The normalized spacial score (nSPS) is 10.8. The molecule has 0 radical (unpaired) electrons. The molecule has 0 atom stereocenters. The van der Waals surface area contributed by atoms with Crippen LogP contribution >= 0.6 is 23.2 Å². The number of anilines is 1. The van der Waals surface area contributed by atoms with Gasteiger partial charge in [0.15, 0.2) is 5.75 Å². The lowest BCUT2D eigenvalue weighted by Gasteiger charge is -2.10. The zero-order valence-electron chi connectivity index (χ0n) is 12.3. The minimum atomic E-state index is 0.481. The maximum absolute atomic E-state index is 6.06. The van der Waals surface area contributed by atoms with Crippen LogP contribution in [-0.2, 0) is 0 Å². The number of ether oxygens (including phenoxy) is 1. The number of rotatable bonds is 10. The zero-order chi connectivity index (χ0) is 14.8. The quantitative estimate of drug-likeness (QED) is 0.418. The summed E-state index contributed by atoms with van der Waals surface area (Å²) in [6.07, 6.45) is 10.2. The standard InChI is InChI=1S/C16H25Cl2NO/c1-2-3-4-5-6-7-8-9-10-20-16-14(17)11-13(19)12-15(16)18/h11-12H,2-10,19H2,1H3. The molecule has 0 saturated carbocycles. The van der Waals surface area contributed by atoms with E-state index in [1.165, 1.54) is 44.9 Å². The first-order valence-corrected chi connectivity index (χ1v) is 8.28. The lowest BCUT2D eigenvalue weighted by atomic mass is 10.1. The summed E-state index contributed by atoms with van der Waals surface area (Å²) >= 11 is 12.1. The maximum atomic E-state index is 6.06. The van der Waals surface area contributed by atoms with Gasteiger partial charge in [0.2, 0.25) is 0 Å². The first-order chi connectivity index (χ1) is 9.65. The number of halogens is 2. The van der Waals surface area contributed by atoms with E-state index >= 15 is 0 Å². The molecule has 0 aliphatic rings. The average Bonchev–Trinajstić information content (AvgIpc) is 2.39. The van der Waals surface area contributed by atoms with E-state index in [1.807, 2.05) is 0 Å². The molecule has 0 saturated heterocycles. The van der Waals surface area contributed by atoms with Gasteiger partial charge in [0.1, 0.15) is 0 Å². The van der Waals surface area contributed by atoms with Gasteiger partial charge in [0.25, 0.3) is 0 Å². The van der Waals surface area contributed by atoms with Crippen LogP contribution in [0.15, 0.2) is 12.1 Å². The van der Waals surface area contributed by atoms with Crippen molar-refractivity contribution in [2.75, 3.05) is 12.3 Å². The van der Waals surface area contributed by atoms with Crippen molar-refractivity contribution in [2.24, 2.45) is 0 Å². The largest absolute Gasteiger partial charge is 0.490 e. The molecule has 2 N–H and O–H groups in total. The highest BCUT2D eigenvalue weighted by Gasteiger charge is 2.08. The van der Waals surface area contributed by atoms with Crippen molar-refractivity contribution < 1.29 is 4.74 Å². The predicted octanol–water partition coefficient (Wildman–Crippen LogP) is 6.10. The highest BCUT2D eigenvalue weighted by atomic mass is 35.5. The second kappa shape index (κ2) is 10.2. The summed E-state index contributed by atoms with van der Waals surface area (Å²) in [6, 6.07) is 3.33. The van der Waals surface area contributed by atoms with Gasteiger partial charge in [-0.15, -0.1) is 0 Å². The van der Waals surface area contributed by atoms with E-state index in [0.717, 1.165) is 6.42 Å². The minimum absolute atomic E-state index is 0.481. The Kier molecular flexibility index (Phi) is 8.88. The highest BCUT2D eigenvalue weighted by Crippen LogP contribution is 2.35. The van der Waals surface area contributed by atoms with Crippen LogP contribution in [-0.4, -0.2) is 6.61 Å². The lowest BCUT2D eigenvalue weighted by molar-refractivity contribution is 0.304. The molecule has 114 valence electrons. The van der Waals surface area contributed by atoms with Crippen molar-refractivity contribution in [1.82, 2.24) is 0 Å². The van der Waals surface area contributed by atoms with Gasteiger partial charge < -0.3 is 10.5 Å². The van der Waals surface area contributed by atoms with E-state index in [0.29, 0.717) is 28.1 Å². The smallest absolute Gasteiger partial charge is 0.156 e. The van der Waals surface area contributed by atoms with Crippen molar-refractivity contribution in [3.05, 3.63) is 22.2 Å². The molecule has 0 unspecified atom stereocenters. The van der Waals surface area contributed by atoms with Crippen LogP contribution in [0.1, 0.15) is 58.3 Å². The second-order valence-electron chi connectivity index (χ2n) is 5.14. The maximum Gasteiger partial charge on any atom is 0.156 e. The minimum Gasteiger partial charge on any atom is -0.490 e. The van der Waals surface area contributed by atoms with E-state index in [2.05, 4.69) is 6.92 Å². The molecule has 0 aliphatic heterocycles.